The first-order valence-corrected chi connectivity index (χ1v) is 9.65. The average molecular weight is 382 g/mol. The lowest BCUT2D eigenvalue weighted by Gasteiger charge is -2.34. The van der Waals surface area contributed by atoms with Gasteiger partial charge in [0.2, 0.25) is 11.8 Å². The Labute approximate surface area is 163 Å². The van der Waals surface area contributed by atoms with Gasteiger partial charge in [-0.05, 0) is 42.2 Å². The summed E-state index contributed by atoms with van der Waals surface area (Å²) >= 11 is 0. The molecule has 146 valence electrons. The Morgan fingerprint density at radius 2 is 2.11 bits per heavy atom. The number of aromatic hydroxyl groups is 1. The smallest absolute Gasteiger partial charge is 0.237 e. The third kappa shape index (κ3) is 2.75. The van der Waals surface area contributed by atoms with Gasteiger partial charge >= 0.3 is 0 Å². The number of nitrogens with one attached hydrogen (secondary N) is 1. The number of hydrogen-bond acceptors (Lipinski definition) is 3. The van der Waals surface area contributed by atoms with Gasteiger partial charge in [-0.15, -0.1) is 0 Å². The zero-order valence-electron chi connectivity index (χ0n) is 15.7. The fourth-order valence-electron chi connectivity index (χ4n) is 4.71. The van der Waals surface area contributed by atoms with Crippen LogP contribution in [0.15, 0.2) is 42.5 Å². The summed E-state index contributed by atoms with van der Waals surface area (Å²) in [5, 5.41) is 12.3. The lowest BCUT2D eigenvalue weighted by atomic mass is 9.73. The van der Waals surface area contributed by atoms with Gasteiger partial charge in [-0.2, -0.15) is 0 Å². The topological polar surface area (TPSA) is 69.6 Å². The number of phenolic OH excluding ortho intramolecular Hbond substituents is 1. The molecule has 2 aromatic rings. The molecular weight excluding hydrogens is 359 g/mol. The van der Waals surface area contributed by atoms with E-state index in [1.54, 1.807) is 11.0 Å². The minimum absolute atomic E-state index is 0.0385. The summed E-state index contributed by atoms with van der Waals surface area (Å²) in [6, 6.07) is 11.5. The number of fused-ring (bicyclic) bond motifs is 2. The van der Waals surface area contributed by atoms with Crippen molar-refractivity contribution in [2.24, 2.45) is 0 Å². The predicted octanol–water partition coefficient (Wildman–Crippen LogP) is 3.36. The molecule has 28 heavy (non-hydrogen) atoms. The third-order valence-electron chi connectivity index (χ3n) is 6.00. The number of carbonyl (C=O) groups excluding carboxylic acids is 2. The standard InChI is InChI=1S/C22H23FN2O3/c1-2-5-19-22(15-6-3-4-7-17(15)24-21(22)28)10-11-25(19)20(27)13-14-8-9-18(26)16(23)12-14/h3-4,6-9,12,19,26H,2,5,10-11,13H2,1H3,(H,24,28)/t19-,22-/m0/s1. The molecule has 0 bridgehead atoms. The van der Waals surface area contributed by atoms with Gasteiger partial charge in [-0.3, -0.25) is 9.59 Å². The highest BCUT2D eigenvalue weighted by molar-refractivity contribution is 6.07. The number of phenols is 1. The Morgan fingerprint density at radius 1 is 1.32 bits per heavy atom. The minimum Gasteiger partial charge on any atom is -0.505 e. The van der Waals surface area contributed by atoms with E-state index in [4.69, 9.17) is 0 Å². The number of halogens is 1. The fraction of sp³-hybridized carbons (Fsp3) is 0.364. The molecule has 6 heteroatoms. The molecule has 5 nitrogen and oxygen atoms in total. The number of para-hydroxylation sites is 1. The maximum absolute atomic E-state index is 13.6. The first-order valence-electron chi connectivity index (χ1n) is 9.65. The maximum atomic E-state index is 13.6. The van der Waals surface area contributed by atoms with Crippen LogP contribution in [0.2, 0.25) is 0 Å². The van der Waals surface area contributed by atoms with E-state index in [1.165, 1.54) is 12.1 Å². The number of carbonyl (C=O) groups is 2. The Morgan fingerprint density at radius 3 is 2.86 bits per heavy atom. The number of anilines is 1. The second kappa shape index (κ2) is 6.93. The molecule has 1 spiro atoms. The van der Waals surface area contributed by atoms with Crippen LogP contribution in [-0.2, 0) is 21.4 Å². The predicted molar refractivity (Wildman–Crippen MR) is 104 cm³/mol. The van der Waals surface area contributed by atoms with Gasteiger partial charge in [0.05, 0.1) is 17.9 Å². The van der Waals surface area contributed by atoms with Crippen molar-refractivity contribution in [1.82, 2.24) is 4.90 Å². The lowest BCUT2D eigenvalue weighted by molar-refractivity contribution is -0.132. The van der Waals surface area contributed by atoms with E-state index in [9.17, 15) is 19.1 Å². The zero-order chi connectivity index (χ0) is 19.9. The van der Waals surface area contributed by atoms with Crippen LogP contribution in [0, 0.1) is 5.82 Å². The van der Waals surface area contributed by atoms with E-state index in [2.05, 4.69) is 5.32 Å². The van der Waals surface area contributed by atoms with Gasteiger partial charge in [0.1, 0.15) is 0 Å². The SMILES string of the molecule is CCC[C@@H]1N(C(=O)Cc2ccc(O)c(F)c2)CC[C@@]12C(=O)Nc1ccccc12. The highest BCUT2D eigenvalue weighted by Crippen LogP contribution is 2.49. The van der Waals surface area contributed by atoms with Gasteiger partial charge < -0.3 is 15.3 Å². The Bertz CT molecular complexity index is 945. The van der Waals surface area contributed by atoms with Crippen molar-refractivity contribution in [1.29, 1.82) is 0 Å². The van der Waals surface area contributed by atoms with Crippen LogP contribution in [0.3, 0.4) is 0 Å². The van der Waals surface area contributed by atoms with Crippen molar-refractivity contribution in [3.05, 3.63) is 59.4 Å². The Kier molecular flexibility index (Phi) is 4.57. The Hall–Kier alpha value is -2.89. The number of rotatable bonds is 4. The molecular formula is C22H23FN2O3. The lowest BCUT2D eigenvalue weighted by Crippen LogP contribution is -2.49. The van der Waals surface area contributed by atoms with Gasteiger partial charge in [0.25, 0.3) is 0 Å². The maximum Gasteiger partial charge on any atom is 0.237 e. The van der Waals surface area contributed by atoms with Crippen molar-refractivity contribution < 1.29 is 19.1 Å². The monoisotopic (exact) mass is 382 g/mol. The van der Waals surface area contributed by atoms with Gasteiger partial charge in [-0.1, -0.05) is 37.6 Å². The minimum atomic E-state index is -0.739. The third-order valence-corrected chi connectivity index (χ3v) is 6.00. The molecule has 4 rings (SSSR count). The van der Waals surface area contributed by atoms with Crippen molar-refractivity contribution in [2.75, 3.05) is 11.9 Å². The molecule has 2 atom stereocenters. The molecule has 2 N–H and O–H groups in total. The second-order valence-corrected chi connectivity index (χ2v) is 7.58. The number of nitrogens with zero attached hydrogens (tertiary/aromatic N) is 1. The van der Waals surface area contributed by atoms with Crippen LogP contribution in [-0.4, -0.2) is 34.4 Å². The molecule has 0 unspecified atom stereocenters. The molecule has 0 aliphatic carbocycles. The largest absolute Gasteiger partial charge is 0.505 e. The summed E-state index contributed by atoms with van der Waals surface area (Å²) in [5.74, 6) is -1.34. The zero-order valence-corrected chi connectivity index (χ0v) is 15.7. The van der Waals surface area contributed by atoms with E-state index in [0.717, 1.165) is 24.1 Å². The second-order valence-electron chi connectivity index (χ2n) is 7.58. The van der Waals surface area contributed by atoms with Crippen molar-refractivity contribution in [2.45, 2.75) is 44.1 Å². The first kappa shape index (κ1) is 18.5. The van der Waals surface area contributed by atoms with E-state index < -0.39 is 17.0 Å². The van der Waals surface area contributed by atoms with E-state index in [-0.39, 0.29) is 24.3 Å². The summed E-state index contributed by atoms with van der Waals surface area (Å²) in [6.07, 6.45) is 2.18. The van der Waals surface area contributed by atoms with Gasteiger partial charge in [0.15, 0.2) is 11.6 Å². The molecule has 0 radical (unpaired) electrons. The molecule has 1 saturated heterocycles. The normalized spacial score (nSPS) is 23.1. The van der Waals surface area contributed by atoms with E-state index in [0.29, 0.717) is 18.5 Å². The quantitative estimate of drug-likeness (QED) is 0.852. The molecule has 2 aliphatic heterocycles. The van der Waals surface area contributed by atoms with Gasteiger partial charge in [0, 0.05) is 12.2 Å². The number of benzene rings is 2. The molecule has 2 heterocycles. The summed E-state index contributed by atoms with van der Waals surface area (Å²) in [6.45, 7) is 2.54. The molecule has 0 aromatic heterocycles. The van der Waals surface area contributed by atoms with Crippen LogP contribution in [0.1, 0.15) is 37.3 Å². The first-order chi connectivity index (χ1) is 13.5. The number of hydrogen-bond donors (Lipinski definition) is 2. The highest BCUT2D eigenvalue weighted by Gasteiger charge is 2.58. The van der Waals surface area contributed by atoms with E-state index >= 15 is 0 Å². The fourth-order valence-corrected chi connectivity index (χ4v) is 4.71. The van der Waals surface area contributed by atoms with Crippen LogP contribution in [0.4, 0.5) is 10.1 Å². The summed E-state index contributed by atoms with van der Waals surface area (Å²) in [4.78, 5) is 27.9. The van der Waals surface area contributed by atoms with Crippen molar-refractivity contribution in [3.63, 3.8) is 0 Å². The Balaban J connectivity index is 1.65. The van der Waals surface area contributed by atoms with E-state index in [1.807, 2.05) is 31.2 Å². The molecule has 1 fully saturated rings. The van der Waals surface area contributed by atoms with Crippen LogP contribution in [0.25, 0.3) is 0 Å². The van der Waals surface area contributed by atoms with Crippen molar-refractivity contribution in [3.8, 4) is 5.75 Å². The van der Waals surface area contributed by atoms with Crippen LogP contribution < -0.4 is 5.32 Å². The summed E-state index contributed by atoms with van der Waals surface area (Å²) in [7, 11) is 0. The molecule has 2 aromatic carbocycles. The highest BCUT2D eigenvalue weighted by atomic mass is 19.1. The number of likely N-dealkylation sites (tertiary alicyclic amines) is 1. The van der Waals surface area contributed by atoms with Gasteiger partial charge in [-0.25, -0.2) is 4.39 Å². The summed E-state index contributed by atoms with van der Waals surface area (Å²) in [5.41, 5.74) is 1.57. The van der Waals surface area contributed by atoms with Crippen LogP contribution in [0.5, 0.6) is 5.75 Å². The molecule has 0 saturated carbocycles. The average Bonchev–Trinajstić information content (AvgIpc) is 3.19. The summed E-state index contributed by atoms with van der Waals surface area (Å²) < 4.78 is 13.6. The molecule has 2 aliphatic rings. The molecule has 2 amide bonds. The number of amides is 2. The van der Waals surface area contributed by atoms with Crippen molar-refractivity contribution >= 4 is 17.5 Å². The van der Waals surface area contributed by atoms with Crippen LogP contribution >= 0.6 is 0 Å².